The Kier molecular flexibility index (Phi) is 4.26. The van der Waals surface area contributed by atoms with Gasteiger partial charge in [-0.1, -0.05) is 18.2 Å². The highest BCUT2D eigenvalue weighted by atomic mass is 16.2. The van der Waals surface area contributed by atoms with Crippen LogP contribution < -0.4 is 4.90 Å². The van der Waals surface area contributed by atoms with Gasteiger partial charge in [-0.3, -0.25) is 14.3 Å². The fourth-order valence-corrected chi connectivity index (χ4v) is 4.09. The predicted molar refractivity (Wildman–Crippen MR) is 99.1 cm³/mol. The number of para-hydroxylation sites is 1. The number of carbonyl (C=O) groups excluding carboxylic acids is 2. The molecular formula is C20H24N4O2. The van der Waals surface area contributed by atoms with Gasteiger partial charge in [-0.25, -0.2) is 0 Å². The van der Waals surface area contributed by atoms with Crippen LogP contribution in [0.3, 0.4) is 0 Å². The van der Waals surface area contributed by atoms with Crippen molar-refractivity contribution in [3.8, 4) is 0 Å². The molecule has 4 rings (SSSR count). The van der Waals surface area contributed by atoms with Gasteiger partial charge in [-0.2, -0.15) is 5.10 Å². The summed E-state index contributed by atoms with van der Waals surface area (Å²) >= 11 is 0. The molecule has 6 nitrogen and oxygen atoms in total. The molecule has 2 aliphatic heterocycles. The van der Waals surface area contributed by atoms with Gasteiger partial charge in [-0.15, -0.1) is 0 Å². The van der Waals surface area contributed by atoms with Crippen LogP contribution in [0, 0.1) is 13.8 Å². The Morgan fingerprint density at radius 3 is 2.81 bits per heavy atom. The number of benzene rings is 1. The summed E-state index contributed by atoms with van der Waals surface area (Å²) in [7, 11) is 0. The second-order valence-corrected chi connectivity index (χ2v) is 7.26. The average molecular weight is 352 g/mol. The molecule has 1 fully saturated rings. The Hall–Kier alpha value is -2.63. The van der Waals surface area contributed by atoms with Crippen molar-refractivity contribution in [2.75, 3.05) is 24.5 Å². The highest BCUT2D eigenvalue weighted by Gasteiger charge is 2.32. The molecule has 1 aromatic heterocycles. The maximum atomic E-state index is 12.8. The minimum absolute atomic E-state index is 0.0130. The van der Waals surface area contributed by atoms with E-state index in [9.17, 15) is 9.59 Å². The van der Waals surface area contributed by atoms with E-state index in [4.69, 9.17) is 0 Å². The van der Waals surface area contributed by atoms with E-state index in [2.05, 4.69) is 11.2 Å². The molecule has 2 aliphatic rings. The molecule has 1 atom stereocenters. The summed E-state index contributed by atoms with van der Waals surface area (Å²) in [5.74, 6) is 0.0467. The molecule has 1 aromatic carbocycles. The number of aryl methyl sites for hydroxylation is 3. The van der Waals surface area contributed by atoms with Crippen molar-refractivity contribution < 1.29 is 9.59 Å². The van der Waals surface area contributed by atoms with Crippen molar-refractivity contribution in [1.29, 1.82) is 0 Å². The molecular weight excluding hydrogens is 328 g/mol. The minimum Gasteiger partial charge on any atom is -0.339 e. The van der Waals surface area contributed by atoms with Crippen LogP contribution in [-0.2, 0) is 16.0 Å². The second-order valence-electron chi connectivity index (χ2n) is 7.26. The van der Waals surface area contributed by atoms with Crippen LogP contribution in [0.1, 0.15) is 35.8 Å². The summed E-state index contributed by atoms with van der Waals surface area (Å²) in [5, 5.41) is 4.56. The van der Waals surface area contributed by atoms with Crippen LogP contribution in [0.2, 0.25) is 0 Å². The zero-order valence-electron chi connectivity index (χ0n) is 15.3. The number of anilines is 1. The summed E-state index contributed by atoms with van der Waals surface area (Å²) in [6.07, 6.45) is 2.13. The zero-order valence-corrected chi connectivity index (χ0v) is 15.3. The first-order valence-corrected chi connectivity index (χ1v) is 9.22. The number of nitrogens with zero attached hydrogens (tertiary/aromatic N) is 4. The van der Waals surface area contributed by atoms with Crippen molar-refractivity contribution in [1.82, 2.24) is 14.7 Å². The van der Waals surface area contributed by atoms with Crippen LogP contribution in [0.5, 0.6) is 0 Å². The monoisotopic (exact) mass is 352 g/mol. The fraction of sp³-hybridized carbons (Fsp3) is 0.450. The fourth-order valence-electron chi connectivity index (χ4n) is 4.09. The molecule has 3 heterocycles. The molecule has 0 N–H and O–H groups in total. The summed E-state index contributed by atoms with van der Waals surface area (Å²) in [4.78, 5) is 28.7. The maximum Gasteiger partial charge on any atom is 0.242 e. The van der Waals surface area contributed by atoms with Crippen molar-refractivity contribution in [2.45, 2.75) is 39.2 Å². The van der Waals surface area contributed by atoms with E-state index < -0.39 is 0 Å². The molecule has 2 amide bonds. The summed E-state index contributed by atoms with van der Waals surface area (Å²) in [6, 6.07) is 10.2. The highest BCUT2D eigenvalue weighted by molar-refractivity contribution is 6.01. The number of likely N-dealkylation sites (tertiary alicyclic amines) is 1. The Balaban J connectivity index is 1.46. The zero-order chi connectivity index (χ0) is 18.3. The highest BCUT2D eigenvalue weighted by Crippen LogP contribution is 2.28. The molecule has 136 valence electrons. The lowest BCUT2D eigenvalue weighted by atomic mass is 10.0. The number of rotatable bonds is 3. The maximum absolute atomic E-state index is 12.8. The van der Waals surface area contributed by atoms with Crippen LogP contribution in [-0.4, -0.2) is 46.1 Å². The number of aromatic nitrogens is 2. The summed E-state index contributed by atoms with van der Waals surface area (Å²) in [6.45, 7) is 5.53. The third-order valence-corrected chi connectivity index (χ3v) is 5.39. The van der Waals surface area contributed by atoms with Gasteiger partial charge in [-0.05, 0) is 44.4 Å². The molecule has 1 saturated heterocycles. The SMILES string of the molecule is Cc1cc(C)n(C2CCN(C(=O)CN3C(=O)CCc4ccccc43)C2)n1. The van der Waals surface area contributed by atoms with Gasteiger partial charge >= 0.3 is 0 Å². The van der Waals surface area contributed by atoms with Gasteiger partial charge in [0.15, 0.2) is 0 Å². The van der Waals surface area contributed by atoms with Crippen molar-refractivity contribution in [2.24, 2.45) is 0 Å². The van der Waals surface area contributed by atoms with Crippen molar-refractivity contribution in [3.63, 3.8) is 0 Å². The molecule has 0 bridgehead atoms. The lowest BCUT2D eigenvalue weighted by molar-refractivity contribution is -0.130. The first kappa shape index (κ1) is 16.8. The quantitative estimate of drug-likeness (QED) is 0.851. The van der Waals surface area contributed by atoms with Crippen LogP contribution >= 0.6 is 0 Å². The molecule has 0 aliphatic carbocycles. The van der Waals surface area contributed by atoms with Crippen LogP contribution in [0.25, 0.3) is 0 Å². The first-order valence-electron chi connectivity index (χ1n) is 9.22. The van der Waals surface area contributed by atoms with Crippen LogP contribution in [0.15, 0.2) is 30.3 Å². The number of fused-ring (bicyclic) bond motifs is 1. The minimum atomic E-state index is 0.0130. The van der Waals surface area contributed by atoms with Gasteiger partial charge in [0.25, 0.3) is 0 Å². The lowest BCUT2D eigenvalue weighted by Gasteiger charge is -2.30. The number of carbonyl (C=O) groups is 2. The van der Waals surface area contributed by atoms with E-state index in [0.717, 1.165) is 35.5 Å². The molecule has 2 aromatic rings. The van der Waals surface area contributed by atoms with E-state index in [1.54, 1.807) is 4.90 Å². The Labute approximate surface area is 153 Å². The molecule has 26 heavy (non-hydrogen) atoms. The number of amides is 2. The molecule has 6 heteroatoms. The smallest absolute Gasteiger partial charge is 0.242 e. The number of hydrogen-bond acceptors (Lipinski definition) is 3. The molecule has 0 saturated carbocycles. The summed E-state index contributed by atoms with van der Waals surface area (Å²) in [5.41, 5.74) is 4.15. The third kappa shape index (κ3) is 3.00. The van der Waals surface area contributed by atoms with E-state index >= 15 is 0 Å². The van der Waals surface area contributed by atoms with E-state index in [1.165, 1.54) is 0 Å². The van der Waals surface area contributed by atoms with E-state index in [-0.39, 0.29) is 24.4 Å². The molecule has 0 spiro atoms. The lowest BCUT2D eigenvalue weighted by Crippen LogP contribution is -2.44. The Morgan fingerprint density at radius 1 is 1.23 bits per heavy atom. The van der Waals surface area contributed by atoms with Gasteiger partial charge in [0.05, 0.1) is 11.7 Å². The largest absolute Gasteiger partial charge is 0.339 e. The van der Waals surface area contributed by atoms with Crippen molar-refractivity contribution >= 4 is 17.5 Å². The van der Waals surface area contributed by atoms with E-state index in [0.29, 0.717) is 19.5 Å². The van der Waals surface area contributed by atoms with Gasteiger partial charge < -0.3 is 9.80 Å². The van der Waals surface area contributed by atoms with Crippen molar-refractivity contribution in [3.05, 3.63) is 47.3 Å². The topological polar surface area (TPSA) is 58.4 Å². The molecule has 1 unspecified atom stereocenters. The normalized spacial score (nSPS) is 19.8. The van der Waals surface area contributed by atoms with Crippen LogP contribution in [0.4, 0.5) is 5.69 Å². The Bertz CT molecular complexity index is 857. The summed E-state index contributed by atoms with van der Waals surface area (Å²) < 4.78 is 2.03. The third-order valence-electron chi connectivity index (χ3n) is 5.39. The Morgan fingerprint density at radius 2 is 2.04 bits per heavy atom. The average Bonchev–Trinajstić information content (AvgIpc) is 3.23. The standard InChI is InChI=1S/C20H24N4O2/c1-14-11-15(2)24(21-14)17-9-10-22(12-17)20(26)13-23-18-6-4-3-5-16(18)7-8-19(23)25/h3-6,11,17H,7-10,12-13H2,1-2H3. The first-order chi connectivity index (χ1) is 12.5. The molecule has 0 radical (unpaired) electrons. The predicted octanol–water partition coefficient (Wildman–Crippen LogP) is 2.25. The second kappa shape index (κ2) is 6.59. The van der Waals surface area contributed by atoms with Gasteiger partial charge in [0.2, 0.25) is 11.8 Å². The van der Waals surface area contributed by atoms with Gasteiger partial charge in [0, 0.05) is 30.9 Å². The van der Waals surface area contributed by atoms with Gasteiger partial charge in [0.1, 0.15) is 6.54 Å². The van der Waals surface area contributed by atoms with E-state index in [1.807, 2.05) is 47.7 Å². The number of hydrogen-bond donors (Lipinski definition) is 0.